The molecule has 1 saturated carbocycles. The summed E-state index contributed by atoms with van der Waals surface area (Å²) in [6.07, 6.45) is 5.73. The number of hydrogen-bond donors (Lipinski definition) is 2. The Morgan fingerprint density at radius 3 is 2.68 bits per heavy atom. The minimum Gasteiger partial charge on any atom is -0.480 e. The van der Waals surface area contributed by atoms with Crippen LogP contribution < -0.4 is 5.32 Å². The molecule has 19 heavy (non-hydrogen) atoms. The molecule has 5 heteroatoms. The van der Waals surface area contributed by atoms with Crippen molar-refractivity contribution < 1.29 is 14.7 Å². The van der Waals surface area contributed by atoms with Gasteiger partial charge in [0.15, 0.2) is 0 Å². The van der Waals surface area contributed by atoms with Crippen LogP contribution in [-0.4, -0.2) is 40.1 Å². The van der Waals surface area contributed by atoms with Crippen molar-refractivity contribution in [1.29, 1.82) is 0 Å². The summed E-state index contributed by atoms with van der Waals surface area (Å²) in [5, 5.41) is 12.3. The van der Waals surface area contributed by atoms with E-state index in [1.165, 1.54) is 0 Å². The molecule has 0 radical (unpaired) electrons. The molecule has 108 valence electrons. The lowest BCUT2D eigenvalue weighted by Crippen LogP contribution is -2.52. The topological polar surface area (TPSA) is 69.6 Å². The quantitative estimate of drug-likeness (QED) is 0.824. The van der Waals surface area contributed by atoms with Gasteiger partial charge >= 0.3 is 12.0 Å². The van der Waals surface area contributed by atoms with Crippen molar-refractivity contribution in [1.82, 2.24) is 10.2 Å². The van der Waals surface area contributed by atoms with Gasteiger partial charge in [0.2, 0.25) is 0 Å². The van der Waals surface area contributed by atoms with E-state index in [4.69, 9.17) is 0 Å². The molecule has 0 aromatic carbocycles. The fourth-order valence-electron chi connectivity index (χ4n) is 3.36. The van der Waals surface area contributed by atoms with Crippen LogP contribution in [0, 0.1) is 5.92 Å². The van der Waals surface area contributed by atoms with Crippen LogP contribution in [0.1, 0.15) is 52.4 Å². The second-order valence-electron chi connectivity index (χ2n) is 5.87. The Bertz CT molecular complexity index is 359. The van der Waals surface area contributed by atoms with E-state index in [0.717, 1.165) is 32.1 Å². The van der Waals surface area contributed by atoms with Crippen LogP contribution >= 0.6 is 0 Å². The zero-order valence-corrected chi connectivity index (χ0v) is 11.8. The molecular formula is C14H24N2O3. The van der Waals surface area contributed by atoms with E-state index < -0.39 is 12.0 Å². The fourth-order valence-corrected chi connectivity index (χ4v) is 3.36. The third-order valence-electron chi connectivity index (χ3n) is 4.59. The minimum atomic E-state index is -0.867. The number of nitrogens with one attached hydrogen (secondary N) is 1. The molecule has 0 aromatic heterocycles. The molecule has 1 aliphatic heterocycles. The molecule has 5 nitrogen and oxygen atoms in total. The molecule has 2 rings (SSSR count). The van der Waals surface area contributed by atoms with E-state index in [0.29, 0.717) is 12.3 Å². The fraction of sp³-hybridized carbons (Fsp3) is 0.857. The summed E-state index contributed by atoms with van der Waals surface area (Å²) in [5.74, 6) is -0.494. The first kappa shape index (κ1) is 14.2. The van der Waals surface area contributed by atoms with Crippen LogP contribution in [0.5, 0.6) is 0 Å². The summed E-state index contributed by atoms with van der Waals surface area (Å²) < 4.78 is 0. The van der Waals surface area contributed by atoms with Crippen LogP contribution in [0.15, 0.2) is 0 Å². The highest BCUT2D eigenvalue weighted by molar-refractivity contribution is 5.84. The second kappa shape index (κ2) is 5.80. The number of carbonyl (C=O) groups is 2. The average molecular weight is 268 g/mol. The maximum absolute atomic E-state index is 12.3. The zero-order valence-electron chi connectivity index (χ0n) is 11.8. The van der Waals surface area contributed by atoms with Gasteiger partial charge in [-0.1, -0.05) is 19.8 Å². The summed E-state index contributed by atoms with van der Waals surface area (Å²) in [4.78, 5) is 25.3. The van der Waals surface area contributed by atoms with E-state index in [1.807, 2.05) is 13.8 Å². The Kier molecular flexibility index (Phi) is 4.32. The van der Waals surface area contributed by atoms with Gasteiger partial charge in [-0.2, -0.15) is 0 Å². The molecular weight excluding hydrogens is 244 g/mol. The van der Waals surface area contributed by atoms with E-state index in [-0.39, 0.29) is 18.1 Å². The van der Waals surface area contributed by atoms with Crippen molar-refractivity contribution >= 4 is 12.0 Å². The third-order valence-corrected chi connectivity index (χ3v) is 4.59. The molecule has 2 N–H and O–H groups in total. The Hall–Kier alpha value is -1.26. The number of aliphatic carboxylic acids is 1. The molecule has 0 aromatic rings. The van der Waals surface area contributed by atoms with E-state index in [1.54, 1.807) is 4.90 Å². The molecule has 0 spiro atoms. The van der Waals surface area contributed by atoms with Crippen molar-refractivity contribution in [2.45, 2.75) is 70.5 Å². The van der Waals surface area contributed by atoms with Crippen LogP contribution in [0.25, 0.3) is 0 Å². The maximum Gasteiger partial charge on any atom is 0.326 e. The zero-order chi connectivity index (χ0) is 14.0. The van der Waals surface area contributed by atoms with Gasteiger partial charge in [-0.25, -0.2) is 9.59 Å². The second-order valence-corrected chi connectivity index (χ2v) is 5.87. The highest BCUT2D eigenvalue weighted by Gasteiger charge is 2.47. The highest BCUT2D eigenvalue weighted by Crippen LogP contribution is 2.39. The van der Waals surface area contributed by atoms with Gasteiger partial charge in [-0.05, 0) is 38.5 Å². The number of carboxylic acid groups (broad SMARTS) is 1. The van der Waals surface area contributed by atoms with Gasteiger partial charge in [0.25, 0.3) is 0 Å². The van der Waals surface area contributed by atoms with Gasteiger partial charge in [-0.15, -0.1) is 0 Å². The van der Waals surface area contributed by atoms with Crippen LogP contribution in [0.3, 0.4) is 0 Å². The summed E-state index contributed by atoms with van der Waals surface area (Å²) in [6.45, 7) is 3.95. The van der Waals surface area contributed by atoms with Gasteiger partial charge in [-0.3, -0.25) is 0 Å². The number of likely N-dealkylation sites (tertiary alicyclic amines) is 1. The lowest BCUT2D eigenvalue weighted by atomic mass is 9.85. The lowest BCUT2D eigenvalue weighted by Gasteiger charge is -2.33. The molecule has 2 amide bonds. The molecule has 2 aliphatic rings. The molecule has 4 atom stereocenters. The van der Waals surface area contributed by atoms with E-state index >= 15 is 0 Å². The number of carbonyl (C=O) groups excluding carboxylic acids is 1. The predicted molar refractivity (Wildman–Crippen MR) is 71.9 cm³/mol. The third kappa shape index (κ3) is 2.85. The van der Waals surface area contributed by atoms with E-state index in [2.05, 4.69) is 5.32 Å². The lowest BCUT2D eigenvalue weighted by molar-refractivity contribution is -0.141. The summed E-state index contributed by atoms with van der Waals surface area (Å²) in [7, 11) is 0. The predicted octanol–water partition coefficient (Wildman–Crippen LogP) is 2.21. The van der Waals surface area contributed by atoms with E-state index in [9.17, 15) is 14.7 Å². The first-order valence-corrected chi connectivity index (χ1v) is 7.36. The highest BCUT2D eigenvalue weighted by atomic mass is 16.4. The molecule has 0 bridgehead atoms. The SMILES string of the molecule is CCC(C)NC(=O)N1C(C(=O)O)CC2CCCCC21. The molecule has 1 saturated heterocycles. The van der Waals surface area contributed by atoms with Crippen LogP contribution in [0.2, 0.25) is 0 Å². The Morgan fingerprint density at radius 1 is 1.37 bits per heavy atom. The standard InChI is InChI=1S/C14H24N2O3/c1-3-9(2)15-14(19)16-11-7-5-4-6-10(11)8-12(16)13(17)18/h9-12H,3-8H2,1-2H3,(H,15,19)(H,17,18). The molecule has 2 fully saturated rings. The molecule has 1 aliphatic carbocycles. The monoisotopic (exact) mass is 268 g/mol. The number of hydrogen-bond acceptors (Lipinski definition) is 2. The Morgan fingerprint density at radius 2 is 2.05 bits per heavy atom. The minimum absolute atomic E-state index is 0.0876. The average Bonchev–Trinajstić information content (AvgIpc) is 2.78. The molecule has 4 unspecified atom stereocenters. The first-order valence-electron chi connectivity index (χ1n) is 7.36. The normalized spacial score (nSPS) is 31.7. The van der Waals surface area contributed by atoms with Gasteiger partial charge in [0.1, 0.15) is 6.04 Å². The largest absolute Gasteiger partial charge is 0.480 e. The summed E-state index contributed by atoms with van der Waals surface area (Å²) in [5.41, 5.74) is 0. The van der Waals surface area contributed by atoms with Gasteiger partial charge < -0.3 is 15.3 Å². The number of carboxylic acids is 1. The van der Waals surface area contributed by atoms with Crippen molar-refractivity contribution in [2.24, 2.45) is 5.92 Å². The summed E-state index contributed by atoms with van der Waals surface area (Å²) >= 11 is 0. The summed E-state index contributed by atoms with van der Waals surface area (Å²) in [6, 6.07) is -0.628. The van der Waals surface area contributed by atoms with Gasteiger partial charge in [0.05, 0.1) is 0 Å². The van der Waals surface area contributed by atoms with Crippen molar-refractivity contribution in [3.8, 4) is 0 Å². The number of rotatable bonds is 3. The maximum atomic E-state index is 12.3. The Balaban J connectivity index is 2.13. The Labute approximate surface area is 114 Å². The number of nitrogens with zero attached hydrogens (tertiary/aromatic N) is 1. The number of urea groups is 1. The van der Waals surface area contributed by atoms with Crippen molar-refractivity contribution in [3.05, 3.63) is 0 Å². The number of amides is 2. The van der Waals surface area contributed by atoms with Crippen molar-refractivity contribution in [3.63, 3.8) is 0 Å². The van der Waals surface area contributed by atoms with Crippen LogP contribution in [0.4, 0.5) is 4.79 Å². The smallest absolute Gasteiger partial charge is 0.326 e. The van der Waals surface area contributed by atoms with Crippen LogP contribution in [-0.2, 0) is 4.79 Å². The van der Waals surface area contributed by atoms with Gasteiger partial charge in [0, 0.05) is 12.1 Å². The van der Waals surface area contributed by atoms with Crippen molar-refractivity contribution in [2.75, 3.05) is 0 Å². The first-order chi connectivity index (χ1) is 9.04. The number of fused-ring (bicyclic) bond motifs is 1. The molecule has 1 heterocycles.